The second kappa shape index (κ2) is 26.7. The van der Waals surface area contributed by atoms with E-state index in [1.807, 2.05) is 30.3 Å². The summed E-state index contributed by atoms with van der Waals surface area (Å²) in [6.45, 7) is 9.85. The van der Waals surface area contributed by atoms with Gasteiger partial charge in [0.05, 0.1) is 95.6 Å². The zero-order valence-corrected chi connectivity index (χ0v) is 39.0. The molecule has 0 aliphatic carbocycles. The quantitative estimate of drug-likeness (QED) is 0.121. The van der Waals surface area contributed by atoms with Crippen LogP contribution >= 0.6 is 0 Å². The summed E-state index contributed by atoms with van der Waals surface area (Å²) in [7, 11) is 9.12. The van der Waals surface area contributed by atoms with Gasteiger partial charge >= 0.3 is 0 Å². The molecule has 18 nitrogen and oxygen atoms in total. The van der Waals surface area contributed by atoms with Crippen molar-refractivity contribution in [3.05, 3.63) is 48.6 Å². The first-order chi connectivity index (χ1) is 31.1. The first-order valence-corrected chi connectivity index (χ1v) is 22.5. The largest absolute Gasteiger partial charge is 0.396 e. The minimum absolute atomic E-state index is 0.0325. The smallest absolute Gasteiger partial charge is 0.187 e. The van der Waals surface area contributed by atoms with Gasteiger partial charge in [-0.25, -0.2) is 0 Å². The van der Waals surface area contributed by atoms with Gasteiger partial charge in [-0.05, 0) is 23.8 Å². The Morgan fingerprint density at radius 3 is 1.36 bits per heavy atom. The summed E-state index contributed by atoms with van der Waals surface area (Å²) in [6, 6.07) is 9.86. The third-order valence-electron chi connectivity index (χ3n) is 13.3. The van der Waals surface area contributed by atoms with Crippen LogP contribution in [-0.2, 0) is 77.7 Å². The zero-order chi connectivity index (χ0) is 46.3. The van der Waals surface area contributed by atoms with Crippen LogP contribution in [0.4, 0.5) is 0 Å². The predicted molar refractivity (Wildman–Crippen MR) is 229 cm³/mol. The normalized spacial score (nSPS) is 40.6. The monoisotopic (exact) mass is 917 g/mol. The number of benzene rings is 1. The number of rotatable bonds is 25. The van der Waals surface area contributed by atoms with E-state index in [0.717, 1.165) is 12.0 Å². The van der Waals surface area contributed by atoms with Crippen LogP contribution in [0.5, 0.6) is 0 Å². The molecule has 0 spiro atoms. The molecule has 4 fully saturated rings. The number of aliphatic hydroxyl groups excluding tert-OH is 3. The van der Waals surface area contributed by atoms with Crippen LogP contribution in [0.3, 0.4) is 0 Å². The van der Waals surface area contributed by atoms with E-state index < -0.39 is 104 Å². The molecule has 4 aliphatic rings. The minimum atomic E-state index is -1.20. The van der Waals surface area contributed by atoms with Crippen LogP contribution in [0.2, 0.25) is 0 Å². The molecule has 4 aliphatic heterocycles. The molecular formula is C46H76O18. The zero-order valence-electron chi connectivity index (χ0n) is 39.0. The summed E-state index contributed by atoms with van der Waals surface area (Å²) >= 11 is 0. The van der Waals surface area contributed by atoms with Crippen LogP contribution in [0.1, 0.15) is 32.8 Å². The van der Waals surface area contributed by atoms with Crippen LogP contribution in [0.15, 0.2) is 43.0 Å². The van der Waals surface area contributed by atoms with Gasteiger partial charge in [0.25, 0.3) is 0 Å². The summed E-state index contributed by atoms with van der Waals surface area (Å²) in [6.07, 6.45) is -9.89. The summed E-state index contributed by atoms with van der Waals surface area (Å²) in [5, 5.41) is 32.5. The lowest BCUT2D eigenvalue weighted by Gasteiger charge is -2.52. The number of methoxy groups -OCH3 is 6. The SMILES string of the molecule is C=CCO[C@@H]1C(OC)[C@@H](O[C@@H]2C(OC)[C@@H](O[C@@H]3C(OC)[C@@H](OC4[C@@H](OCc5ccccc5)OC(CC)[C@@H](C)[C@@H]4C)OC(COC)[C@H]3CO)OC(COC)[C@H]2CO)OC(COC)[C@H]1CO. The Hall–Kier alpha value is -1.76. The lowest BCUT2D eigenvalue weighted by molar-refractivity contribution is -0.389. The van der Waals surface area contributed by atoms with E-state index in [4.69, 9.17) is 71.1 Å². The van der Waals surface area contributed by atoms with Crippen LogP contribution in [0, 0.1) is 29.6 Å². The molecule has 8 unspecified atom stereocenters. The highest BCUT2D eigenvalue weighted by Gasteiger charge is 2.57. The molecule has 64 heavy (non-hydrogen) atoms. The van der Waals surface area contributed by atoms with E-state index in [0.29, 0.717) is 6.61 Å². The van der Waals surface area contributed by atoms with Crippen LogP contribution in [-0.4, -0.2) is 197 Å². The molecule has 4 heterocycles. The third-order valence-corrected chi connectivity index (χ3v) is 13.3. The second-order valence-electron chi connectivity index (χ2n) is 17.0. The number of ether oxygens (including phenoxy) is 15. The van der Waals surface area contributed by atoms with E-state index in [2.05, 4.69) is 27.4 Å². The van der Waals surface area contributed by atoms with Gasteiger partial charge < -0.3 is 86.4 Å². The molecule has 18 heteroatoms. The number of hydrogen-bond acceptors (Lipinski definition) is 18. The van der Waals surface area contributed by atoms with Gasteiger partial charge in [-0.3, -0.25) is 0 Å². The Morgan fingerprint density at radius 2 is 0.953 bits per heavy atom. The summed E-state index contributed by atoms with van der Waals surface area (Å²) in [5.41, 5.74) is 0.989. The molecule has 0 radical (unpaired) electrons. The standard InChI is InChI=1S/C46H76O18/c1-11-18-56-37-29(19-47)33(23-50-5)59-44(40(37)53-8)63-39-31(21-49)35(25-52-7)61-46(42(39)55-10)64-38-30(20-48)34(24-51-6)60-45(41(38)54-9)62-36-27(4)26(3)32(12-2)58-43(36)57-22-28-16-14-13-15-17-28/h11,13-17,26-27,29-49H,1,12,18-25H2,2-10H3/t26-,27-,29+,30+,31+,32?,33?,34?,35?,36?,37-,38-,39-,40?,41?,42?,43-,44+,45+,46+/m0/s1. The predicted octanol–water partition coefficient (Wildman–Crippen LogP) is 2.32. The Morgan fingerprint density at radius 1 is 0.531 bits per heavy atom. The van der Waals surface area contributed by atoms with Crippen molar-refractivity contribution in [2.75, 3.05) is 88.9 Å². The van der Waals surface area contributed by atoms with Crippen molar-refractivity contribution < 1.29 is 86.4 Å². The van der Waals surface area contributed by atoms with Crippen molar-refractivity contribution in [1.29, 1.82) is 0 Å². The molecular weight excluding hydrogens is 840 g/mol. The topological polar surface area (TPSA) is 199 Å². The lowest BCUT2D eigenvalue weighted by atomic mass is 9.82. The Bertz CT molecular complexity index is 1450. The van der Waals surface area contributed by atoms with Gasteiger partial charge in [0.2, 0.25) is 0 Å². The van der Waals surface area contributed by atoms with Crippen molar-refractivity contribution in [2.24, 2.45) is 29.6 Å². The maximum Gasteiger partial charge on any atom is 0.187 e. The van der Waals surface area contributed by atoms with Gasteiger partial charge in [0.15, 0.2) is 25.2 Å². The van der Waals surface area contributed by atoms with Crippen molar-refractivity contribution in [3.63, 3.8) is 0 Å². The van der Waals surface area contributed by atoms with Gasteiger partial charge in [0.1, 0.15) is 24.4 Å². The van der Waals surface area contributed by atoms with Crippen molar-refractivity contribution in [2.45, 2.75) is 126 Å². The molecule has 5 rings (SSSR count). The highest BCUT2D eigenvalue weighted by Crippen LogP contribution is 2.42. The minimum Gasteiger partial charge on any atom is -0.396 e. The van der Waals surface area contributed by atoms with Gasteiger partial charge in [-0.2, -0.15) is 0 Å². The average Bonchev–Trinajstić information content (AvgIpc) is 3.30. The van der Waals surface area contributed by atoms with Gasteiger partial charge in [-0.15, -0.1) is 6.58 Å². The second-order valence-corrected chi connectivity index (χ2v) is 17.0. The van der Waals surface area contributed by atoms with Crippen LogP contribution in [0.25, 0.3) is 0 Å². The van der Waals surface area contributed by atoms with E-state index in [9.17, 15) is 15.3 Å². The fourth-order valence-electron chi connectivity index (χ4n) is 9.61. The van der Waals surface area contributed by atoms with Crippen molar-refractivity contribution in [1.82, 2.24) is 0 Å². The molecule has 1 aromatic rings. The maximum atomic E-state index is 11.0. The van der Waals surface area contributed by atoms with E-state index in [-0.39, 0.29) is 64.2 Å². The Labute approximate surface area is 378 Å². The van der Waals surface area contributed by atoms with Crippen molar-refractivity contribution in [3.8, 4) is 0 Å². The summed E-state index contributed by atoms with van der Waals surface area (Å²) < 4.78 is 94.8. The van der Waals surface area contributed by atoms with E-state index >= 15 is 0 Å². The fraction of sp³-hybridized carbons (Fsp3) is 0.826. The molecule has 1 aromatic carbocycles. The average molecular weight is 917 g/mol. The molecule has 0 bridgehead atoms. The molecule has 20 atom stereocenters. The van der Waals surface area contributed by atoms with Crippen molar-refractivity contribution >= 4 is 0 Å². The Kier molecular flexibility index (Phi) is 22.2. The third kappa shape index (κ3) is 12.5. The number of aliphatic hydroxyl groups is 3. The van der Waals surface area contributed by atoms with E-state index in [1.54, 1.807) is 13.2 Å². The highest BCUT2D eigenvalue weighted by atomic mass is 16.8. The molecule has 368 valence electrons. The molecule has 0 saturated carbocycles. The van der Waals surface area contributed by atoms with Gasteiger partial charge in [-0.1, -0.05) is 57.2 Å². The fourth-order valence-corrected chi connectivity index (χ4v) is 9.61. The van der Waals surface area contributed by atoms with Gasteiger partial charge in [0, 0.05) is 60.4 Å². The lowest BCUT2D eigenvalue weighted by Crippen LogP contribution is -2.66. The first-order valence-electron chi connectivity index (χ1n) is 22.5. The molecule has 0 aromatic heterocycles. The van der Waals surface area contributed by atoms with E-state index in [1.165, 1.54) is 35.5 Å². The first kappa shape index (κ1) is 53.2. The molecule has 4 saturated heterocycles. The summed E-state index contributed by atoms with van der Waals surface area (Å²) in [4.78, 5) is 0. The highest BCUT2D eigenvalue weighted by molar-refractivity contribution is 5.13. The maximum absolute atomic E-state index is 11.0. The number of hydrogen-bond donors (Lipinski definition) is 3. The molecule has 3 N–H and O–H groups in total. The Balaban J connectivity index is 1.48. The summed E-state index contributed by atoms with van der Waals surface area (Å²) in [5.74, 6) is -1.87. The van der Waals surface area contributed by atoms with Crippen LogP contribution < -0.4 is 0 Å². The molecule has 0 amide bonds.